The molecule has 1 heterocycles. The van der Waals surface area contributed by atoms with Crippen LogP contribution in [0.2, 0.25) is 0 Å². The molecule has 0 saturated carbocycles. The zero-order valence-corrected chi connectivity index (χ0v) is 12.7. The zero-order valence-electron chi connectivity index (χ0n) is 12.7. The molecular formula is C18H20FNO3. The van der Waals surface area contributed by atoms with Crippen molar-refractivity contribution in [2.75, 3.05) is 19.7 Å². The average Bonchev–Trinajstić information content (AvgIpc) is 2.59. The highest BCUT2D eigenvalue weighted by Gasteiger charge is 2.41. The summed E-state index contributed by atoms with van der Waals surface area (Å²) in [6.45, 7) is 1.71. The summed E-state index contributed by atoms with van der Waals surface area (Å²) in [6.07, 6.45) is -0.422. The summed E-state index contributed by atoms with van der Waals surface area (Å²) in [6, 6.07) is 12.9. The molecule has 1 saturated heterocycles. The molecule has 122 valence electrons. The topological polar surface area (TPSA) is 61.7 Å². The lowest BCUT2D eigenvalue weighted by Gasteiger charge is -2.39. The molecule has 1 aliphatic rings. The number of phenolic OH excluding ortho intramolecular Hbond substituents is 1. The third-order valence-corrected chi connectivity index (χ3v) is 4.24. The van der Waals surface area contributed by atoms with Crippen molar-refractivity contribution in [1.29, 1.82) is 0 Å². The van der Waals surface area contributed by atoms with Crippen LogP contribution in [0.5, 0.6) is 5.75 Å². The van der Waals surface area contributed by atoms with Crippen molar-refractivity contribution in [3.63, 3.8) is 0 Å². The number of hydrogen-bond donors (Lipinski definition) is 3. The number of benzene rings is 2. The average molecular weight is 317 g/mol. The number of nitrogens with one attached hydrogen (secondary N) is 1. The van der Waals surface area contributed by atoms with E-state index < -0.39 is 17.5 Å². The Bertz CT molecular complexity index is 659. The Labute approximate surface area is 134 Å². The molecule has 2 aromatic rings. The maximum absolute atomic E-state index is 13.5. The number of morpholine rings is 1. The van der Waals surface area contributed by atoms with Gasteiger partial charge in [0.15, 0.2) is 0 Å². The summed E-state index contributed by atoms with van der Waals surface area (Å²) in [5.41, 5.74) is -0.331. The Kier molecular flexibility index (Phi) is 4.61. The SMILES string of the molecule is Oc1ccc(F)cc1CC(O)(c1ccccc1)C1CNCCO1. The van der Waals surface area contributed by atoms with Crippen molar-refractivity contribution in [3.8, 4) is 5.75 Å². The van der Waals surface area contributed by atoms with E-state index in [1.54, 1.807) is 0 Å². The fourth-order valence-corrected chi connectivity index (χ4v) is 2.99. The second-order valence-electron chi connectivity index (χ2n) is 5.80. The van der Waals surface area contributed by atoms with Crippen molar-refractivity contribution in [3.05, 3.63) is 65.5 Å². The van der Waals surface area contributed by atoms with Crippen LogP contribution in [0.4, 0.5) is 4.39 Å². The van der Waals surface area contributed by atoms with E-state index in [2.05, 4.69) is 5.32 Å². The van der Waals surface area contributed by atoms with Gasteiger partial charge >= 0.3 is 0 Å². The van der Waals surface area contributed by atoms with Gasteiger partial charge in [0.05, 0.1) is 6.61 Å². The molecule has 3 N–H and O–H groups in total. The Hall–Kier alpha value is -1.95. The molecule has 4 nitrogen and oxygen atoms in total. The third kappa shape index (κ3) is 3.37. The fourth-order valence-electron chi connectivity index (χ4n) is 2.99. The van der Waals surface area contributed by atoms with E-state index in [9.17, 15) is 14.6 Å². The molecular weight excluding hydrogens is 297 g/mol. The molecule has 1 fully saturated rings. The number of aliphatic hydroxyl groups is 1. The molecule has 0 radical (unpaired) electrons. The molecule has 2 unspecified atom stereocenters. The van der Waals surface area contributed by atoms with Gasteiger partial charge in [-0.2, -0.15) is 0 Å². The first-order valence-corrected chi connectivity index (χ1v) is 7.67. The normalized spacial score (nSPS) is 20.9. The van der Waals surface area contributed by atoms with Crippen LogP contribution < -0.4 is 5.32 Å². The number of phenols is 1. The Balaban J connectivity index is 1.99. The quantitative estimate of drug-likeness (QED) is 0.807. The van der Waals surface area contributed by atoms with Crippen LogP contribution in [-0.2, 0) is 16.8 Å². The minimum absolute atomic E-state index is 0.0375. The largest absolute Gasteiger partial charge is 0.508 e. The monoisotopic (exact) mass is 317 g/mol. The first-order valence-electron chi connectivity index (χ1n) is 7.67. The van der Waals surface area contributed by atoms with E-state index in [0.717, 1.165) is 6.54 Å². The van der Waals surface area contributed by atoms with E-state index in [0.29, 0.717) is 24.3 Å². The molecule has 2 aromatic carbocycles. The minimum atomic E-state index is -1.36. The van der Waals surface area contributed by atoms with Crippen molar-refractivity contribution in [1.82, 2.24) is 5.32 Å². The molecule has 23 heavy (non-hydrogen) atoms. The van der Waals surface area contributed by atoms with Gasteiger partial charge in [0, 0.05) is 25.1 Å². The summed E-state index contributed by atoms with van der Waals surface area (Å²) in [4.78, 5) is 0. The van der Waals surface area contributed by atoms with Gasteiger partial charge in [-0.05, 0) is 23.8 Å². The molecule has 0 bridgehead atoms. The van der Waals surface area contributed by atoms with Gasteiger partial charge in [-0.3, -0.25) is 0 Å². The van der Waals surface area contributed by atoms with Gasteiger partial charge < -0.3 is 20.3 Å². The van der Waals surface area contributed by atoms with E-state index in [1.807, 2.05) is 30.3 Å². The molecule has 1 aliphatic heterocycles. The molecule has 0 spiro atoms. The van der Waals surface area contributed by atoms with Gasteiger partial charge in [-0.15, -0.1) is 0 Å². The number of rotatable bonds is 4. The van der Waals surface area contributed by atoms with Crippen LogP contribution in [0, 0.1) is 5.82 Å². The Morgan fingerprint density at radius 3 is 2.70 bits per heavy atom. The highest BCUT2D eigenvalue weighted by molar-refractivity contribution is 5.36. The second-order valence-corrected chi connectivity index (χ2v) is 5.80. The molecule has 0 amide bonds. The Morgan fingerprint density at radius 1 is 1.22 bits per heavy atom. The summed E-state index contributed by atoms with van der Waals surface area (Å²) < 4.78 is 19.3. The number of aromatic hydroxyl groups is 1. The Morgan fingerprint density at radius 2 is 2.00 bits per heavy atom. The standard InChI is InChI=1S/C18H20FNO3/c19-15-6-7-16(21)13(10-15)11-18(22,14-4-2-1-3-5-14)17-12-20-8-9-23-17/h1-7,10,17,20-22H,8-9,11-12H2. The van der Waals surface area contributed by atoms with Gasteiger partial charge in [0.25, 0.3) is 0 Å². The summed E-state index contributed by atoms with van der Waals surface area (Å²) in [5.74, 6) is -0.486. The third-order valence-electron chi connectivity index (χ3n) is 4.24. The smallest absolute Gasteiger partial charge is 0.123 e. The van der Waals surface area contributed by atoms with Crippen LogP contribution in [0.15, 0.2) is 48.5 Å². The van der Waals surface area contributed by atoms with Gasteiger partial charge in [-0.25, -0.2) is 4.39 Å². The van der Waals surface area contributed by atoms with Crippen molar-refractivity contribution >= 4 is 0 Å². The molecule has 5 heteroatoms. The van der Waals surface area contributed by atoms with Crippen molar-refractivity contribution in [2.45, 2.75) is 18.1 Å². The van der Waals surface area contributed by atoms with Gasteiger partial charge in [0.2, 0.25) is 0 Å². The van der Waals surface area contributed by atoms with Crippen LogP contribution in [-0.4, -0.2) is 36.0 Å². The molecule has 2 atom stereocenters. The minimum Gasteiger partial charge on any atom is -0.508 e. The fraction of sp³-hybridized carbons (Fsp3) is 0.333. The zero-order chi connectivity index (χ0) is 16.3. The van der Waals surface area contributed by atoms with E-state index in [1.165, 1.54) is 18.2 Å². The first-order chi connectivity index (χ1) is 11.1. The lowest BCUT2D eigenvalue weighted by molar-refractivity contribution is -0.124. The highest BCUT2D eigenvalue weighted by Crippen LogP contribution is 2.34. The summed E-state index contributed by atoms with van der Waals surface area (Å²) >= 11 is 0. The van der Waals surface area contributed by atoms with Crippen LogP contribution in [0.1, 0.15) is 11.1 Å². The lowest BCUT2D eigenvalue weighted by Crippen LogP contribution is -2.52. The lowest BCUT2D eigenvalue weighted by atomic mass is 9.81. The van der Waals surface area contributed by atoms with Crippen molar-refractivity contribution < 1.29 is 19.3 Å². The first kappa shape index (κ1) is 15.9. The van der Waals surface area contributed by atoms with Gasteiger partial charge in [-0.1, -0.05) is 30.3 Å². The molecule has 0 aromatic heterocycles. The predicted octanol–water partition coefficient (Wildman–Crippen LogP) is 1.95. The maximum Gasteiger partial charge on any atom is 0.123 e. The number of halogens is 1. The van der Waals surface area contributed by atoms with Crippen LogP contribution >= 0.6 is 0 Å². The number of hydrogen-bond acceptors (Lipinski definition) is 4. The van der Waals surface area contributed by atoms with E-state index in [4.69, 9.17) is 4.74 Å². The highest BCUT2D eigenvalue weighted by atomic mass is 19.1. The van der Waals surface area contributed by atoms with Gasteiger partial charge in [0.1, 0.15) is 23.3 Å². The number of ether oxygens (including phenoxy) is 1. The molecule has 3 rings (SSSR count). The van der Waals surface area contributed by atoms with Crippen LogP contribution in [0.3, 0.4) is 0 Å². The van der Waals surface area contributed by atoms with Crippen molar-refractivity contribution in [2.24, 2.45) is 0 Å². The molecule has 0 aliphatic carbocycles. The van der Waals surface area contributed by atoms with Crippen LogP contribution in [0.25, 0.3) is 0 Å². The predicted molar refractivity (Wildman–Crippen MR) is 84.7 cm³/mol. The second kappa shape index (κ2) is 6.66. The maximum atomic E-state index is 13.5. The van der Waals surface area contributed by atoms with E-state index >= 15 is 0 Å². The summed E-state index contributed by atoms with van der Waals surface area (Å²) in [7, 11) is 0. The summed E-state index contributed by atoms with van der Waals surface area (Å²) in [5, 5.41) is 24.6. The van der Waals surface area contributed by atoms with E-state index in [-0.39, 0.29) is 12.2 Å².